The van der Waals surface area contributed by atoms with Gasteiger partial charge in [-0.2, -0.15) is 0 Å². The Bertz CT molecular complexity index is 416. The van der Waals surface area contributed by atoms with Crippen LogP contribution in [-0.2, 0) is 9.59 Å². The molecule has 0 bridgehead atoms. The number of rotatable bonds is 2. The topological polar surface area (TPSA) is 75.4 Å². The van der Waals surface area contributed by atoms with Gasteiger partial charge in [0.05, 0.1) is 17.4 Å². The van der Waals surface area contributed by atoms with Crippen LogP contribution in [-0.4, -0.2) is 42.4 Å². The van der Waals surface area contributed by atoms with Gasteiger partial charge in [0, 0.05) is 19.6 Å². The van der Waals surface area contributed by atoms with E-state index in [1.807, 2.05) is 4.90 Å². The Kier molecular flexibility index (Phi) is 4.20. The molecule has 1 aliphatic carbocycles. The standard InChI is InChI=1S/C16H27N3O2/c17-11-16(7-3-1-2-4-8-16)15(21)19-9-5-6-12-13(19)10-18-14(12)20/h12-13H,1-11,17H2,(H,18,20). The van der Waals surface area contributed by atoms with Crippen molar-refractivity contribution in [3.05, 3.63) is 0 Å². The van der Waals surface area contributed by atoms with Gasteiger partial charge in [0.25, 0.3) is 0 Å². The van der Waals surface area contributed by atoms with Gasteiger partial charge in [-0.15, -0.1) is 0 Å². The largest absolute Gasteiger partial charge is 0.354 e. The number of likely N-dealkylation sites (tertiary alicyclic amines) is 1. The van der Waals surface area contributed by atoms with Gasteiger partial charge in [0.15, 0.2) is 0 Å². The lowest BCUT2D eigenvalue weighted by Crippen LogP contribution is -2.55. The number of nitrogens with zero attached hydrogens (tertiary/aromatic N) is 1. The van der Waals surface area contributed by atoms with Crippen LogP contribution in [0, 0.1) is 11.3 Å². The Morgan fingerprint density at radius 2 is 1.95 bits per heavy atom. The zero-order valence-electron chi connectivity index (χ0n) is 12.8. The SMILES string of the molecule is NCC1(C(=O)N2CCCC3C(=O)NCC32)CCCCCC1. The minimum atomic E-state index is -0.371. The van der Waals surface area contributed by atoms with E-state index >= 15 is 0 Å². The molecule has 0 radical (unpaired) electrons. The molecule has 1 saturated carbocycles. The number of carbonyl (C=O) groups excluding carboxylic acids is 2. The lowest BCUT2D eigenvalue weighted by Gasteiger charge is -2.42. The highest BCUT2D eigenvalue weighted by Crippen LogP contribution is 2.38. The quantitative estimate of drug-likeness (QED) is 0.747. The summed E-state index contributed by atoms with van der Waals surface area (Å²) in [5.74, 6) is 0.349. The van der Waals surface area contributed by atoms with E-state index in [4.69, 9.17) is 5.73 Å². The Balaban J connectivity index is 1.80. The Morgan fingerprint density at radius 1 is 1.24 bits per heavy atom. The maximum Gasteiger partial charge on any atom is 0.230 e. The van der Waals surface area contributed by atoms with Gasteiger partial charge >= 0.3 is 0 Å². The summed E-state index contributed by atoms with van der Waals surface area (Å²) in [4.78, 5) is 27.1. The third-order valence-electron chi connectivity index (χ3n) is 5.77. The maximum absolute atomic E-state index is 13.2. The van der Waals surface area contributed by atoms with Crippen LogP contribution in [0.1, 0.15) is 51.4 Å². The lowest BCUT2D eigenvalue weighted by molar-refractivity contribution is -0.147. The second-order valence-electron chi connectivity index (χ2n) is 6.96. The van der Waals surface area contributed by atoms with Crippen molar-refractivity contribution in [3.63, 3.8) is 0 Å². The second kappa shape index (κ2) is 5.95. The van der Waals surface area contributed by atoms with Crippen molar-refractivity contribution >= 4 is 11.8 Å². The van der Waals surface area contributed by atoms with Crippen LogP contribution in [0.25, 0.3) is 0 Å². The fourth-order valence-electron chi connectivity index (χ4n) is 4.42. The fraction of sp³-hybridized carbons (Fsp3) is 0.875. The number of hydrogen-bond acceptors (Lipinski definition) is 3. The molecule has 0 spiro atoms. The molecule has 5 nitrogen and oxygen atoms in total. The highest BCUT2D eigenvalue weighted by molar-refractivity contribution is 5.87. The summed E-state index contributed by atoms with van der Waals surface area (Å²) in [6, 6.07) is 0.0606. The minimum absolute atomic E-state index is 0.00306. The molecule has 118 valence electrons. The minimum Gasteiger partial charge on any atom is -0.354 e. The van der Waals surface area contributed by atoms with Gasteiger partial charge in [-0.05, 0) is 25.7 Å². The number of fused-ring (bicyclic) bond motifs is 1. The zero-order valence-corrected chi connectivity index (χ0v) is 12.8. The predicted molar refractivity (Wildman–Crippen MR) is 80.4 cm³/mol. The smallest absolute Gasteiger partial charge is 0.230 e. The summed E-state index contributed by atoms with van der Waals surface area (Å²) in [5.41, 5.74) is 5.68. The van der Waals surface area contributed by atoms with E-state index in [1.165, 1.54) is 12.8 Å². The third kappa shape index (κ3) is 2.56. The molecule has 3 fully saturated rings. The van der Waals surface area contributed by atoms with Gasteiger partial charge in [-0.1, -0.05) is 25.7 Å². The van der Waals surface area contributed by atoms with Crippen molar-refractivity contribution in [2.24, 2.45) is 17.1 Å². The molecule has 0 aromatic heterocycles. The molecule has 3 aliphatic rings. The van der Waals surface area contributed by atoms with Crippen molar-refractivity contribution in [3.8, 4) is 0 Å². The van der Waals surface area contributed by atoms with Crippen LogP contribution in [0.3, 0.4) is 0 Å². The molecule has 5 heteroatoms. The molecule has 21 heavy (non-hydrogen) atoms. The van der Waals surface area contributed by atoms with Crippen LogP contribution in [0.15, 0.2) is 0 Å². The van der Waals surface area contributed by atoms with Crippen LogP contribution < -0.4 is 11.1 Å². The number of carbonyl (C=O) groups is 2. The van der Waals surface area contributed by atoms with Crippen LogP contribution in [0.4, 0.5) is 0 Å². The molecule has 2 amide bonds. The monoisotopic (exact) mass is 293 g/mol. The fourth-order valence-corrected chi connectivity index (χ4v) is 4.42. The van der Waals surface area contributed by atoms with Crippen LogP contribution in [0.5, 0.6) is 0 Å². The number of amides is 2. The first-order valence-corrected chi connectivity index (χ1v) is 8.47. The number of nitrogens with two attached hydrogens (primary N) is 1. The van der Waals surface area contributed by atoms with Crippen molar-refractivity contribution < 1.29 is 9.59 Å². The predicted octanol–water partition coefficient (Wildman–Crippen LogP) is 1.02. The molecule has 2 aliphatic heterocycles. The number of nitrogens with one attached hydrogen (secondary N) is 1. The number of hydrogen-bond donors (Lipinski definition) is 2. The molecule has 0 aromatic rings. The molecule has 2 unspecified atom stereocenters. The highest BCUT2D eigenvalue weighted by atomic mass is 16.2. The van der Waals surface area contributed by atoms with Gasteiger partial charge < -0.3 is 16.0 Å². The first-order chi connectivity index (χ1) is 10.2. The Morgan fingerprint density at radius 3 is 2.62 bits per heavy atom. The summed E-state index contributed by atoms with van der Waals surface area (Å²) < 4.78 is 0. The lowest BCUT2D eigenvalue weighted by atomic mass is 9.77. The van der Waals surface area contributed by atoms with Gasteiger partial charge in [-0.3, -0.25) is 9.59 Å². The molecule has 3 N–H and O–H groups in total. The van der Waals surface area contributed by atoms with Crippen molar-refractivity contribution in [2.45, 2.75) is 57.4 Å². The van der Waals surface area contributed by atoms with Gasteiger partial charge in [-0.25, -0.2) is 0 Å². The normalized spacial score (nSPS) is 32.2. The summed E-state index contributed by atoms with van der Waals surface area (Å²) >= 11 is 0. The first kappa shape index (κ1) is 14.8. The summed E-state index contributed by atoms with van der Waals surface area (Å²) in [6.07, 6.45) is 8.29. The van der Waals surface area contributed by atoms with Gasteiger partial charge in [0.1, 0.15) is 0 Å². The van der Waals surface area contributed by atoms with Crippen molar-refractivity contribution in [1.82, 2.24) is 10.2 Å². The van der Waals surface area contributed by atoms with Crippen molar-refractivity contribution in [1.29, 1.82) is 0 Å². The van der Waals surface area contributed by atoms with E-state index in [0.717, 1.165) is 45.1 Å². The van der Waals surface area contributed by atoms with E-state index in [2.05, 4.69) is 5.32 Å². The van der Waals surface area contributed by atoms with E-state index < -0.39 is 0 Å². The molecule has 2 atom stereocenters. The Labute approximate surface area is 126 Å². The second-order valence-corrected chi connectivity index (χ2v) is 6.96. The summed E-state index contributed by atoms with van der Waals surface area (Å²) in [6.45, 7) is 1.85. The van der Waals surface area contributed by atoms with Gasteiger partial charge in [0.2, 0.25) is 11.8 Å². The maximum atomic E-state index is 13.2. The zero-order chi connectivity index (χ0) is 14.9. The highest BCUT2D eigenvalue weighted by Gasteiger charge is 2.48. The molecular weight excluding hydrogens is 266 g/mol. The van der Waals surface area contributed by atoms with E-state index in [9.17, 15) is 9.59 Å². The summed E-state index contributed by atoms with van der Waals surface area (Å²) in [7, 11) is 0. The molecule has 0 aromatic carbocycles. The van der Waals surface area contributed by atoms with Crippen LogP contribution in [0.2, 0.25) is 0 Å². The first-order valence-electron chi connectivity index (χ1n) is 8.47. The molecular formula is C16H27N3O2. The third-order valence-corrected chi connectivity index (χ3v) is 5.77. The molecule has 3 rings (SSSR count). The van der Waals surface area contributed by atoms with E-state index in [1.54, 1.807) is 0 Å². The Hall–Kier alpha value is -1.10. The van der Waals surface area contributed by atoms with E-state index in [-0.39, 0.29) is 29.2 Å². The average Bonchev–Trinajstić information content (AvgIpc) is 2.76. The van der Waals surface area contributed by atoms with Crippen LogP contribution >= 0.6 is 0 Å². The average molecular weight is 293 g/mol. The van der Waals surface area contributed by atoms with E-state index in [0.29, 0.717) is 13.1 Å². The number of piperidine rings is 1. The molecule has 2 heterocycles. The summed E-state index contributed by atoms with van der Waals surface area (Å²) in [5, 5.41) is 2.93. The molecule has 2 saturated heterocycles. The van der Waals surface area contributed by atoms with Crippen molar-refractivity contribution in [2.75, 3.05) is 19.6 Å².